The normalized spacial score (nSPS) is 12.3. The topological polar surface area (TPSA) is 72.3 Å². The van der Waals surface area contributed by atoms with Crippen molar-refractivity contribution in [2.24, 2.45) is 0 Å². The zero-order chi connectivity index (χ0) is 45.6. The molecule has 7 heteroatoms. The minimum Gasteiger partial charge on any atom is -0.309 e. The summed E-state index contributed by atoms with van der Waals surface area (Å²) in [5.74, 6) is 0.720. The van der Waals surface area contributed by atoms with Crippen LogP contribution in [0.15, 0.2) is 206 Å². The first-order chi connectivity index (χ1) is 33.4. The Morgan fingerprint density at radius 2 is 1.06 bits per heavy atom. The molecule has 4 aromatic heterocycles. The van der Waals surface area contributed by atoms with Gasteiger partial charge in [-0.05, 0) is 89.9 Å². The average Bonchev–Trinajstić information content (AvgIpc) is 4.05. The third kappa shape index (κ3) is 5.89. The van der Waals surface area contributed by atoms with Crippen LogP contribution in [0.25, 0.3) is 120 Å². The highest BCUT2D eigenvalue weighted by Crippen LogP contribution is 2.43. The van der Waals surface area contributed by atoms with Crippen molar-refractivity contribution < 1.29 is 4.11 Å². The molecule has 13 rings (SSSR count). The Labute approximate surface area is 381 Å². The van der Waals surface area contributed by atoms with Gasteiger partial charge in [-0.15, -0.1) is 11.3 Å². The van der Waals surface area contributed by atoms with Crippen molar-refractivity contribution in [1.82, 2.24) is 24.1 Å². The zero-order valence-corrected chi connectivity index (χ0v) is 35.3. The largest absolute Gasteiger partial charge is 0.309 e. The van der Waals surface area contributed by atoms with E-state index in [-0.39, 0.29) is 40.8 Å². The van der Waals surface area contributed by atoms with E-state index in [0.29, 0.717) is 17.2 Å². The minimum atomic E-state index is -0.269. The van der Waals surface area contributed by atoms with Crippen molar-refractivity contribution in [3.63, 3.8) is 0 Å². The molecular weight excluding hydrogens is 813 g/mol. The molecule has 9 aromatic carbocycles. The number of nitrogens with zero attached hydrogens (tertiary/aromatic N) is 6. The number of rotatable bonds is 6. The van der Waals surface area contributed by atoms with Gasteiger partial charge in [-0.25, -0.2) is 15.0 Å². The van der Waals surface area contributed by atoms with Crippen LogP contribution in [-0.4, -0.2) is 24.1 Å². The summed E-state index contributed by atoms with van der Waals surface area (Å²) in [4.78, 5) is 15.1. The van der Waals surface area contributed by atoms with Gasteiger partial charge in [0, 0.05) is 64.1 Å². The number of benzene rings is 9. The maximum absolute atomic E-state index is 11.3. The second-order valence-electron chi connectivity index (χ2n) is 16.0. The van der Waals surface area contributed by atoms with E-state index >= 15 is 0 Å². The van der Waals surface area contributed by atoms with Crippen LogP contribution in [0.2, 0.25) is 0 Å². The third-order valence-corrected chi connectivity index (χ3v) is 13.5. The van der Waals surface area contributed by atoms with Gasteiger partial charge in [-0.3, -0.25) is 0 Å². The van der Waals surface area contributed by atoms with Crippen molar-refractivity contribution in [2.45, 2.75) is 0 Å². The molecular formula is C58H34N6S. The number of para-hydroxylation sites is 3. The summed E-state index contributed by atoms with van der Waals surface area (Å²) in [5.41, 5.74) is 8.00. The lowest BCUT2D eigenvalue weighted by atomic mass is 10.0. The summed E-state index contributed by atoms with van der Waals surface area (Å²) in [6, 6.07) is 64.7. The molecule has 0 N–H and O–H groups in total. The summed E-state index contributed by atoms with van der Waals surface area (Å²) < 4.78 is 36.2. The molecule has 302 valence electrons. The van der Waals surface area contributed by atoms with Crippen molar-refractivity contribution in [1.29, 1.82) is 5.26 Å². The van der Waals surface area contributed by atoms with Crippen LogP contribution < -0.4 is 0 Å². The summed E-state index contributed by atoms with van der Waals surface area (Å²) in [5, 5.41) is 17.2. The highest BCUT2D eigenvalue weighted by molar-refractivity contribution is 7.25. The lowest BCUT2D eigenvalue weighted by Gasteiger charge is -2.13. The first kappa shape index (κ1) is 33.9. The fourth-order valence-corrected chi connectivity index (χ4v) is 10.5. The van der Waals surface area contributed by atoms with Crippen molar-refractivity contribution >= 4 is 75.1 Å². The van der Waals surface area contributed by atoms with Crippen molar-refractivity contribution in [3.8, 4) is 62.7 Å². The molecule has 0 fully saturated rings. The molecule has 4 heterocycles. The summed E-state index contributed by atoms with van der Waals surface area (Å²) in [6.07, 6.45) is 0. The third-order valence-electron chi connectivity index (χ3n) is 12.3. The molecule has 0 saturated carbocycles. The molecule has 0 aliphatic heterocycles. The Kier molecular flexibility index (Phi) is 7.66. The van der Waals surface area contributed by atoms with E-state index in [1.165, 1.54) is 4.70 Å². The van der Waals surface area contributed by atoms with Gasteiger partial charge in [-0.1, -0.05) is 127 Å². The van der Waals surface area contributed by atoms with Gasteiger partial charge >= 0.3 is 0 Å². The van der Waals surface area contributed by atoms with E-state index in [4.69, 9.17) is 15.0 Å². The molecule has 0 amide bonds. The highest BCUT2D eigenvalue weighted by atomic mass is 32.1. The molecule has 0 saturated heterocycles. The van der Waals surface area contributed by atoms with Gasteiger partial charge in [0.2, 0.25) is 0 Å². The van der Waals surface area contributed by atoms with Crippen LogP contribution in [0.1, 0.15) is 9.68 Å². The predicted molar refractivity (Wildman–Crippen MR) is 268 cm³/mol. The lowest BCUT2D eigenvalue weighted by Crippen LogP contribution is -2.02. The van der Waals surface area contributed by atoms with Gasteiger partial charge in [0.25, 0.3) is 0 Å². The first-order valence-electron chi connectivity index (χ1n) is 22.8. The maximum Gasteiger partial charge on any atom is 0.164 e. The molecule has 0 aliphatic rings. The van der Waals surface area contributed by atoms with Crippen molar-refractivity contribution in [2.75, 3.05) is 0 Å². The monoisotopic (exact) mass is 849 g/mol. The standard InChI is InChI=1S/C58H34N6S/c59-35-41-33-39(26-29-48(41)64-49-23-10-7-20-43(49)45-28-30-51-54(55(45)64)46-22-8-11-24-50(46)63(51)42-18-5-2-6-19-42)57-60-56(38-17-13-16-37(32-38)36-14-3-1-4-15-36)61-58(62-57)40-27-31-53-47(34-40)44-21-9-12-25-52(44)65-53/h1-34H/i26D,29D,33D. The molecule has 0 unspecified atom stereocenters. The molecule has 0 aliphatic carbocycles. The van der Waals surface area contributed by atoms with Gasteiger partial charge in [-0.2, -0.15) is 5.26 Å². The second kappa shape index (κ2) is 14.7. The smallest absolute Gasteiger partial charge is 0.164 e. The van der Waals surface area contributed by atoms with E-state index in [1.807, 2.05) is 132 Å². The van der Waals surface area contributed by atoms with Crippen LogP contribution in [0.4, 0.5) is 0 Å². The Bertz CT molecular complexity index is 4260. The van der Waals surface area contributed by atoms with Crippen LogP contribution in [0.5, 0.6) is 0 Å². The molecule has 65 heavy (non-hydrogen) atoms. The Hall–Kier alpha value is -8.70. The Morgan fingerprint density at radius 1 is 0.446 bits per heavy atom. The number of aromatic nitrogens is 5. The van der Waals surface area contributed by atoms with E-state index in [2.05, 4.69) is 71.3 Å². The second-order valence-corrected chi connectivity index (χ2v) is 17.1. The van der Waals surface area contributed by atoms with Crippen LogP contribution in [-0.2, 0) is 0 Å². The molecule has 6 nitrogen and oxygen atoms in total. The van der Waals surface area contributed by atoms with E-state index < -0.39 is 0 Å². The number of hydrogen-bond acceptors (Lipinski definition) is 5. The van der Waals surface area contributed by atoms with Gasteiger partial charge in [0.15, 0.2) is 17.5 Å². The molecule has 0 spiro atoms. The van der Waals surface area contributed by atoms with Crippen molar-refractivity contribution in [3.05, 3.63) is 212 Å². The van der Waals surface area contributed by atoms with Crippen LogP contribution in [0.3, 0.4) is 0 Å². The SMILES string of the molecule is [2H]c1c([2H])c(-n2c3ccccc3c3ccc4c(c5ccccc5n4-c4ccccc4)c32)c(C#N)c([2H])c1-c1nc(-c2cccc(-c3ccccc3)c2)nc(-c2ccc3sc4ccccc4c3c2)n1. The number of hydrogen-bond donors (Lipinski definition) is 0. The summed E-state index contributed by atoms with van der Waals surface area (Å²) >= 11 is 1.72. The number of nitriles is 1. The van der Waals surface area contributed by atoms with E-state index in [1.54, 1.807) is 11.3 Å². The fourth-order valence-electron chi connectivity index (χ4n) is 9.44. The average molecular weight is 850 g/mol. The molecule has 0 atom stereocenters. The Balaban J connectivity index is 1.08. The molecule has 0 radical (unpaired) electrons. The number of thiophene rings is 1. The first-order valence-corrected chi connectivity index (χ1v) is 22.2. The van der Waals surface area contributed by atoms with E-state index in [9.17, 15) is 9.37 Å². The quantitative estimate of drug-likeness (QED) is 0.167. The maximum atomic E-state index is 11.3. The van der Waals surface area contributed by atoms with E-state index in [0.717, 1.165) is 81.5 Å². The van der Waals surface area contributed by atoms with Crippen LogP contribution in [0, 0.1) is 11.3 Å². The predicted octanol–water partition coefficient (Wildman–Crippen LogP) is 15.0. The van der Waals surface area contributed by atoms with Crippen LogP contribution >= 0.6 is 11.3 Å². The fraction of sp³-hybridized carbons (Fsp3) is 0. The Morgan fingerprint density at radius 3 is 1.85 bits per heavy atom. The van der Waals surface area contributed by atoms with Gasteiger partial charge in [0.05, 0.1) is 37.4 Å². The molecule has 0 bridgehead atoms. The summed E-state index contributed by atoms with van der Waals surface area (Å²) in [7, 11) is 0. The lowest BCUT2D eigenvalue weighted by molar-refractivity contribution is 1.07. The molecule has 13 aromatic rings. The van der Waals surface area contributed by atoms with Gasteiger partial charge < -0.3 is 9.13 Å². The minimum absolute atomic E-state index is 0.0203. The highest BCUT2D eigenvalue weighted by Gasteiger charge is 2.23. The zero-order valence-electron chi connectivity index (χ0n) is 37.5. The number of fused-ring (bicyclic) bond motifs is 10. The van der Waals surface area contributed by atoms with Gasteiger partial charge in [0.1, 0.15) is 6.07 Å². The summed E-state index contributed by atoms with van der Waals surface area (Å²) in [6.45, 7) is 0.